The van der Waals surface area contributed by atoms with E-state index < -0.39 is 23.7 Å². The summed E-state index contributed by atoms with van der Waals surface area (Å²) in [5.41, 5.74) is 8.26. The van der Waals surface area contributed by atoms with Crippen LogP contribution in [0.4, 0.5) is 4.39 Å². The van der Waals surface area contributed by atoms with E-state index in [1.807, 2.05) is 26.0 Å². The number of nitrogens with one attached hydrogen (secondary N) is 2. The lowest BCUT2D eigenvalue weighted by atomic mass is 10.0. The summed E-state index contributed by atoms with van der Waals surface area (Å²) in [6.07, 6.45) is 0.588. The van der Waals surface area contributed by atoms with E-state index in [0.717, 1.165) is 22.1 Å². The monoisotopic (exact) mass is 384 g/mol. The van der Waals surface area contributed by atoms with E-state index in [9.17, 15) is 14.0 Å². The first-order valence-corrected chi connectivity index (χ1v) is 8.82. The van der Waals surface area contributed by atoms with Crippen molar-refractivity contribution in [1.82, 2.24) is 10.9 Å². The third-order valence-electron chi connectivity index (χ3n) is 4.46. The minimum absolute atomic E-state index is 0.0352. The van der Waals surface area contributed by atoms with Crippen LogP contribution in [0.2, 0.25) is 0 Å². The van der Waals surface area contributed by atoms with E-state index in [1.54, 1.807) is 6.07 Å². The Balaban J connectivity index is 1.56. The quantitative estimate of drug-likeness (QED) is 0.661. The average Bonchev–Trinajstić information content (AvgIpc) is 3.03. The summed E-state index contributed by atoms with van der Waals surface area (Å²) >= 11 is 0. The average molecular weight is 384 g/mol. The van der Waals surface area contributed by atoms with Crippen molar-refractivity contribution in [3.8, 4) is 5.75 Å². The second kappa shape index (κ2) is 8.12. The number of hydrazine groups is 1. The van der Waals surface area contributed by atoms with Gasteiger partial charge in [0.25, 0.3) is 5.91 Å². The Labute approximate surface area is 161 Å². The van der Waals surface area contributed by atoms with Crippen molar-refractivity contribution in [3.63, 3.8) is 0 Å². The molecule has 1 heterocycles. The van der Waals surface area contributed by atoms with Crippen LogP contribution in [-0.4, -0.2) is 17.9 Å². The number of furan rings is 1. The van der Waals surface area contributed by atoms with Gasteiger partial charge in [0.05, 0.1) is 12.7 Å². The standard InChI is InChI=1S/C21H21FN2O4/c1-12-8-16-15(11-27-19(16)9-13(12)2)10-20(25)23-24-21(26)14(3)28-18-7-5-4-6-17(18)22/h4-9,11,14H,10H2,1-3H3,(H,23,25)(H,24,26). The fraction of sp³-hybridized carbons (Fsp3) is 0.238. The molecule has 0 saturated heterocycles. The highest BCUT2D eigenvalue weighted by molar-refractivity contribution is 5.90. The van der Waals surface area contributed by atoms with Crippen molar-refractivity contribution < 1.29 is 23.1 Å². The number of hydrogen-bond donors (Lipinski definition) is 2. The number of fused-ring (bicyclic) bond motifs is 1. The molecule has 3 aromatic rings. The Hall–Kier alpha value is -3.35. The third-order valence-corrected chi connectivity index (χ3v) is 4.46. The Bertz CT molecular complexity index is 1030. The van der Waals surface area contributed by atoms with Gasteiger partial charge in [-0.15, -0.1) is 0 Å². The number of halogens is 1. The van der Waals surface area contributed by atoms with Crippen LogP contribution >= 0.6 is 0 Å². The molecule has 3 rings (SSSR count). The molecule has 0 radical (unpaired) electrons. The first-order valence-electron chi connectivity index (χ1n) is 8.82. The van der Waals surface area contributed by atoms with Crippen molar-refractivity contribution in [2.45, 2.75) is 33.3 Å². The molecule has 6 nitrogen and oxygen atoms in total. The summed E-state index contributed by atoms with van der Waals surface area (Å²) in [5, 5.41) is 0.862. The van der Waals surface area contributed by atoms with Crippen molar-refractivity contribution >= 4 is 22.8 Å². The molecule has 0 aliphatic heterocycles. The molecule has 0 aliphatic rings. The van der Waals surface area contributed by atoms with Gasteiger partial charge in [0.15, 0.2) is 17.7 Å². The van der Waals surface area contributed by atoms with Gasteiger partial charge in [0, 0.05) is 10.9 Å². The second-order valence-corrected chi connectivity index (χ2v) is 6.60. The van der Waals surface area contributed by atoms with Gasteiger partial charge in [0.1, 0.15) is 5.58 Å². The molecule has 0 bridgehead atoms. The van der Waals surface area contributed by atoms with Gasteiger partial charge < -0.3 is 9.15 Å². The number of para-hydroxylation sites is 1. The molecule has 7 heteroatoms. The molecule has 2 amide bonds. The number of rotatable bonds is 5. The van der Waals surface area contributed by atoms with E-state index >= 15 is 0 Å². The van der Waals surface area contributed by atoms with E-state index in [0.29, 0.717) is 5.58 Å². The lowest BCUT2D eigenvalue weighted by molar-refractivity contribution is -0.132. The van der Waals surface area contributed by atoms with Crippen LogP contribution < -0.4 is 15.6 Å². The number of aryl methyl sites for hydroxylation is 2. The summed E-state index contributed by atoms with van der Waals surface area (Å²) in [5.74, 6) is -1.61. The molecule has 28 heavy (non-hydrogen) atoms. The van der Waals surface area contributed by atoms with Crippen LogP contribution in [0.1, 0.15) is 23.6 Å². The minimum atomic E-state index is -0.988. The van der Waals surface area contributed by atoms with Crippen molar-refractivity contribution in [2.75, 3.05) is 0 Å². The zero-order chi connectivity index (χ0) is 20.3. The van der Waals surface area contributed by atoms with Crippen LogP contribution in [0.15, 0.2) is 47.1 Å². The number of carbonyl (C=O) groups excluding carboxylic acids is 2. The highest BCUT2D eigenvalue weighted by atomic mass is 19.1. The predicted molar refractivity (Wildman–Crippen MR) is 102 cm³/mol. The van der Waals surface area contributed by atoms with Gasteiger partial charge in [-0.2, -0.15) is 0 Å². The zero-order valence-electron chi connectivity index (χ0n) is 15.8. The molecule has 0 fully saturated rings. The first kappa shape index (κ1) is 19.4. The summed E-state index contributed by atoms with van der Waals surface area (Å²) in [6, 6.07) is 9.68. The number of amides is 2. The van der Waals surface area contributed by atoms with Crippen LogP contribution in [0.5, 0.6) is 5.75 Å². The van der Waals surface area contributed by atoms with E-state index in [1.165, 1.54) is 31.4 Å². The lowest BCUT2D eigenvalue weighted by Gasteiger charge is -2.15. The smallest absolute Gasteiger partial charge is 0.279 e. The molecular weight excluding hydrogens is 363 g/mol. The molecule has 0 spiro atoms. The van der Waals surface area contributed by atoms with Crippen LogP contribution in [0.3, 0.4) is 0 Å². The Morgan fingerprint density at radius 2 is 1.86 bits per heavy atom. The molecule has 1 aromatic heterocycles. The fourth-order valence-electron chi connectivity index (χ4n) is 2.71. The fourth-order valence-corrected chi connectivity index (χ4v) is 2.71. The van der Waals surface area contributed by atoms with Gasteiger partial charge in [-0.05, 0) is 56.2 Å². The largest absolute Gasteiger partial charge is 0.478 e. The minimum Gasteiger partial charge on any atom is -0.478 e. The summed E-state index contributed by atoms with van der Waals surface area (Å²) in [6.45, 7) is 5.44. The Morgan fingerprint density at radius 1 is 1.14 bits per heavy atom. The van der Waals surface area contributed by atoms with E-state index in [2.05, 4.69) is 10.9 Å². The molecule has 2 N–H and O–H groups in total. The number of benzene rings is 2. The molecule has 2 aromatic carbocycles. The molecular formula is C21H21FN2O4. The molecule has 1 unspecified atom stereocenters. The molecule has 0 aliphatic carbocycles. The summed E-state index contributed by atoms with van der Waals surface area (Å²) in [7, 11) is 0. The highest BCUT2D eigenvalue weighted by Crippen LogP contribution is 2.25. The summed E-state index contributed by atoms with van der Waals surface area (Å²) < 4.78 is 24.4. The maximum Gasteiger partial charge on any atom is 0.279 e. The zero-order valence-corrected chi connectivity index (χ0v) is 15.8. The van der Waals surface area contributed by atoms with Gasteiger partial charge in [0.2, 0.25) is 5.91 Å². The molecule has 146 valence electrons. The van der Waals surface area contributed by atoms with Crippen LogP contribution in [-0.2, 0) is 16.0 Å². The number of ether oxygens (including phenoxy) is 1. The van der Waals surface area contributed by atoms with Gasteiger partial charge in [-0.25, -0.2) is 4.39 Å². The topological polar surface area (TPSA) is 80.6 Å². The SMILES string of the molecule is Cc1cc2occ(CC(=O)NNC(=O)C(C)Oc3ccccc3F)c2cc1C. The predicted octanol–water partition coefficient (Wildman–Crippen LogP) is 3.35. The highest BCUT2D eigenvalue weighted by Gasteiger charge is 2.18. The van der Waals surface area contributed by atoms with Gasteiger partial charge in [-0.3, -0.25) is 20.4 Å². The third kappa shape index (κ3) is 4.31. The van der Waals surface area contributed by atoms with Crippen LogP contribution in [0.25, 0.3) is 11.0 Å². The molecule has 0 saturated carbocycles. The van der Waals surface area contributed by atoms with Gasteiger partial charge in [-0.1, -0.05) is 12.1 Å². The second-order valence-electron chi connectivity index (χ2n) is 6.60. The molecule has 1 atom stereocenters. The Kier molecular flexibility index (Phi) is 5.63. The maximum absolute atomic E-state index is 13.6. The number of hydrogen-bond acceptors (Lipinski definition) is 4. The number of carbonyl (C=O) groups is 2. The maximum atomic E-state index is 13.6. The normalized spacial score (nSPS) is 11.9. The van der Waals surface area contributed by atoms with E-state index in [4.69, 9.17) is 9.15 Å². The van der Waals surface area contributed by atoms with Gasteiger partial charge >= 0.3 is 0 Å². The van der Waals surface area contributed by atoms with Crippen molar-refractivity contribution in [3.05, 3.63) is 65.2 Å². The summed E-state index contributed by atoms with van der Waals surface area (Å²) in [4.78, 5) is 24.2. The lowest BCUT2D eigenvalue weighted by Crippen LogP contribution is -2.47. The first-order chi connectivity index (χ1) is 13.3. The van der Waals surface area contributed by atoms with Crippen molar-refractivity contribution in [2.24, 2.45) is 0 Å². The Morgan fingerprint density at radius 3 is 2.61 bits per heavy atom. The van der Waals surface area contributed by atoms with Crippen molar-refractivity contribution in [1.29, 1.82) is 0 Å². The van der Waals surface area contributed by atoms with E-state index in [-0.39, 0.29) is 12.2 Å². The van der Waals surface area contributed by atoms with Crippen LogP contribution in [0, 0.1) is 19.7 Å².